The molecule has 0 aromatic heterocycles. The first-order chi connectivity index (χ1) is 10.0. The maximum Gasteiger partial charge on any atom is 0.0789 e. The van der Waals surface area contributed by atoms with Crippen molar-refractivity contribution in [2.75, 3.05) is 19.6 Å². The van der Waals surface area contributed by atoms with Crippen molar-refractivity contribution in [3.63, 3.8) is 0 Å². The molecule has 0 radical (unpaired) electrons. The summed E-state index contributed by atoms with van der Waals surface area (Å²) in [5.41, 5.74) is -0.555. The summed E-state index contributed by atoms with van der Waals surface area (Å²) in [7, 11) is 0. The van der Waals surface area contributed by atoms with Gasteiger partial charge in [-0.1, -0.05) is 45.5 Å². The molecule has 2 fully saturated rings. The van der Waals surface area contributed by atoms with E-state index in [4.69, 9.17) is 0 Å². The average Bonchev–Trinajstić information content (AvgIpc) is 2.44. The number of nitrogens with zero attached hydrogens (tertiary/aromatic N) is 1. The maximum absolute atomic E-state index is 11.1. The fourth-order valence-corrected chi connectivity index (χ4v) is 4.25. The molecule has 21 heavy (non-hydrogen) atoms. The summed E-state index contributed by atoms with van der Waals surface area (Å²) in [6, 6.07) is 0. The van der Waals surface area contributed by atoms with Gasteiger partial charge in [-0.05, 0) is 56.5 Å². The van der Waals surface area contributed by atoms with Crippen molar-refractivity contribution in [3.8, 4) is 11.8 Å². The molecule has 2 rings (SSSR count). The van der Waals surface area contributed by atoms with Crippen LogP contribution in [0.2, 0.25) is 0 Å². The molecule has 0 aromatic carbocycles. The van der Waals surface area contributed by atoms with E-state index in [9.17, 15) is 5.11 Å². The Balaban J connectivity index is 1.89. The summed E-state index contributed by atoms with van der Waals surface area (Å²) >= 11 is 0. The Morgan fingerprint density at radius 3 is 2.52 bits per heavy atom. The van der Waals surface area contributed by atoms with Crippen molar-refractivity contribution in [3.05, 3.63) is 0 Å². The van der Waals surface area contributed by atoms with Gasteiger partial charge in [0.2, 0.25) is 0 Å². The fraction of sp³-hybridized carbons (Fsp3) is 0.895. The van der Waals surface area contributed by atoms with E-state index in [0.29, 0.717) is 24.2 Å². The lowest BCUT2D eigenvalue weighted by Crippen LogP contribution is -2.45. The van der Waals surface area contributed by atoms with Gasteiger partial charge in [0.05, 0.1) is 12.1 Å². The molecule has 0 unspecified atom stereocenters. The minimum Gasteiger partial charge on any atom is -0.389 e. The van der Waals surface area contributed by atoms with Crippen molar-refractivity contribution in [2.45, 2.75) is 71.3 Å². The van der Waals surface area contributed by atoms with Gasteiger partial charge < -0.3 is 5.11 Å². The maximum atomic E-state index is 11.1. The molecule has 1 aliphatic heterocycles. The molecule has 0 amide bonds. The van der Waals surface area contributed by atoms with Crippen LogP contribution in [0.15, 0.2) is 0 Å². The summed E-state index contributed by atoms with van der Waals surface area (Å²) in [5, 5.41) is 11.1. The smallest absolute Gasteiger partial charge is 0.0789 e. The summed E-state index contributed by atoms with van der Waals surface area (Å²) < 4.78 is 0. The zero-order valence-electron chi connectivity index (χ0n) is 14.2. The number of hydrogen-bond acceptors (Lipinski definition) is 2. The van der Waals surface area contributed by atoms with Gasteiger partial charge in [-0.25, -0.2) is 0 Å². The van der Waals surface area contributed by atoms with Crippen LogP contribution < -0.4 is 0 Å². The molecule has 0 spiro atoms. The first kappa shape index (κ1) is 16.8. The minimum atomic E-state index is -0.555. The molecule has 1 N–H and O–H groups in total. The number of hydrogen-bond donors (Lipinski definition) is 1. The van der Waals surface area contributed by atoms with Crippen LogP contribution in [0, 0.1) is 29.6 Å². The standard InChI is InChI=1S/C19H33NO/c1-16(2)18-10-9-17(3)15-19(18,21)11-5-8-14-20-12-6-4-7-13-20/h16-18,21H,4,6-7,9-15H2,1-3H3/t17-,18+,19+/m0/s1. The second-order valence-electron chi connectivity index (χ2n) is 7.71. The van der Waals surface area contributed by atoms with Gasteiger partial charge in [0, 0.05) is 6.42 Å². The van der Waals surface area contributed by atoms with Crippen LogP contribution in [-0.4, -0.2) is 35.2 Å². The largest absolute Gasteiger partial charge is 0.389 e. The Morgan fingerprint density at radius 1 is 1.14 bits per heavy atom. The van der Waals surface area contributed by atoms with Gasteiger partial charge in [0.1, 0.15) is 0 Å². The monoisotopic (exact) mass is 291 g/mol. The van der Waals surface area contributed by atoms with Crippen molar-refractivity contribution in [1.82, 2.24) is 4.90 Å². The van der Waals surface area contributed by atoms with E-state index in [1.165, 1.54) is 38.8 Å². The Morgan fingerprint density at radius 2 is 1.86 bits per heavy atom. The Kier molecular flexibility index (Phi) is 6.14. The first-order valence-corrected chi connectivity index (χ1v) is 8.92. The van der Waals surface area contributed by atoms with E-state index in [-0.39, 0.29) is 0 Å². The van der Waals surface area contributed by atoms with Crippen LogP contribution in [0.1, 0.15) is 65.7 Å². The Hall–Kier alpha value is -0.520. The van der Waals surface area contributed by atoms with Crippen LogP contribution in [0.25, 0.3) is 0 Å². The van der Waals surface area contributed by atoms with E-state index in [1.54, 1.807) is 0 Å². The van der Waals surface area contributed by atoms with Crippen LogP contribution in [0.4, 0.5) is 0 Å². The molecule has 3 atom stereocenters. The molecule has 0 aromatic rings. The summed E-state index contributed by atoms with van der Waals surface area (Å²) in [6.45, 7) is 10.0. The molecule has 1 saturated heterocycles. The minimum absolute atomic E-state index is 0.415. The molecule has 1 saturated carbocycles. The molecular weight excluding hydrogens is 258 g/mol. The van der Waals surface area contributed by atoms with Crippen LogP contribution >= 0.6 is 0 Å². The predicted octanol–water partition coefficient (Wildman–Crippen LogP) is 3.69. The van der Waals surface area contributed by atoms with E-state index >= 15 is 0 Å². The SMILES string of the molecule is CC(C)[C@H]1CC[C@H](C)C[C@]1(O)CC#CCN1CCCCC1. The summed E-state index contributed by atoms with van der Waals surface area (Å²) in [4.78, 5) is 2.45. The van der Waals surface area contributed by atoms with E-state index in [1.807, 2.05) is 0 Å². The van der Waals surface area contributed by atoms with Crippen LogP contribution in [0.5, 0.6) is 0 Å². The molecule has 2 aliphatic rings. The quantitative estimate of drug-likeness (QED) is 0.802. The van der Waals surface area contributed by atoms with Gasteiger partial charge in [-0.3, -0.25) is 4.90 Å². The molecule has 0 bridgehead atoms. The Bertz CT molecular complexity index is 375. The third kappa shape index (κ3) is 4.73. The Labute approximate surface area is 131 Å². The zero-order valence-corrected chi connectivity index (χ0v) is 14.2. The highest BCUT2D eigenvalue weighted by Crippen LogP contribution is 2.42. The molecule has 1 heterocycles. The van der Waals surface area contributed by atoms with E-state index in [2.05, 4.69) is 37.5 Å². The zero-order chi connectivity index (χ0) is 15.3. The number of aliphatic hydroxyl groups is 1. The summed E-state index contributed by atoms with van der Waals surface area (Å²) in [5.74, 6) is 8.22. The lowest BCUT2D eigenvalue weighted by Gasteiger charge is -2.44. The lowest BCUT2D eigenvalue weighted by molar-refractivity contribution is -0.0760. The second kappa shape index (κ2) is 7.65. The highest BCUT2D eigenvalue weighted by molar-refractivity contribution is 5.08. The lowest BCUT2D eigenvalue weighted by atomic mass is 9.66. The van der Waals surface area contributed by atoms with Crippen molar-refractivity contribution < 1.29 is 5.11 Å². The third-order valence-corrected chi connectivity index (χ3v) is 5.44. The topological polar surface area (TPSA) is 23.5 Å². The molecule has 2 heteroatoms. The normalized spacial score (nSPS) is 34.5. The fourth-order valence-electron chi connectivity index (χ4n) is 4.25. The van der Waals surface area contributed by atoms with Gasteiger partial charge in [0.25, 0.3) is 0 Å². The van der Waals surface area contributed by atoms with Gasteiger partial charge in [-0.2, -0.15) is 0 Å². The molecule has 120 valence electrons. The second-order valence-corrected chi connectivity index (χ2v) is 7.71. The predicted molar refractivity (Wildman–Crippen MR) is 89.0 cm³/mol. The van der Waals surface area contributed by atoms with E-state index < -0.39 is 5.60 Å². The highest BCUT2D eigenvalue weighted by Gasteiger charge is 2.41. The molecule has 2 nitrogen and oxygen atoms in total. The van der Waals surface area contributed by atoms with E-state index in [0.717, 1.165) is 19.4 Å². The average molecular weight is 291 g/mol. The number of likely N-dealkylation sites (tertiary alicyclic amines) is 1. The van der Waals surface area contributed by atoms with Gasteiger partial charge in [0.15, 0.2) is 0 Å². The van der Waals surface area contributed by atoms with Crippen molar-refractivity contribution in [1.29, 1.82) is 0 Å². The van der Waals surface area contributed by atoms with Gasteiger partial charge >= 0.3 is 0 Å². The number of rotatable bonds is 3. The van der Waals surface area contributed by atoms with Crippen molar-refractivity contribution >= 4 is 0 Å². The highest BCUT2D eigenvalue weighted by atomic mass is 16.3. The number of piperidine rings is 1. The third-order valence-electron chi connectivity index (χ3n) is 5.44. The van der Waals surface area contributed by atoms with Gasteiger partial charge in [-0.15, -0.1) is 0 Å². The van der Waals surface area contributed by atoms with Crippen LogP contribution in [-0.2, 0) is 0 Å². The van der Waals surface area contributed by atoms with Crippen molar-refractivity contribution in [2.24, 2.45) is 17.8 Å². The molecular formula is C19H33NO. The summed E-state index contributed by atoms with van der Waals surface area (Å²) in [6.07, 6.45) is 8.01. The molecule has 1 aliphatic carbocycles. The van der Waals surface area contributed by atoms with Crippen LogP contribution in [0.3, 0.4) is 0 Å². The first-order valence-electron chi connectivity index (χ1n) is 8.92.